The van der Waals surface area contributed by atoms with Crippen LogP contribution in [0.25, 0.3) is 0 Å². The number of benzene rings is 1. The second kappa shape index (κ2) is 5.84. The van der Waals surface area contributed by atoms with E-state index in [1.807, 2.05) is 41.2 Å². The standard InChI is InChI=1S/C12H13ClN4S/c1-14-12(18)15-11-6-7-17(16-11)8-9-4-2-3-5-10(9)13/h2-7H,8H2,1H3,(H2,14,15,16,18). The topological polar surface area (TPSA) is 41.9 Å². The van der Waals surface area contributed by atoms with Crippen molar-refractivity contribution in [1.29, 1.82) is 0 Å². The summed E-state index contributed by atoms with van der Waals surface area (Å²) in [6, 6.07) is 9.58. The molecule has 1 aromatic heterocycles. The monoisotopic (exact) mass is 280 g/mol. The van der Waals surface area contributed by atoms with Gasteiger partial charge in [0.15, 0.2) is 10.9 Å². The highest BCUT2D eigenvalue weighted by Gasteiger charge is 2.03. The molecule has 0 bridgehead atoms. The van der Waals surface area contributed by atoms with Crippen LogP contribution in [0.5, 0.6) is 0 Å². The summed E-state index contributed by atoms with van der Waals surface area (Å²) in [5, 5.41) is 11.4. The van der Waals surface area contributed by atoms with Crippen LogP contribution >= 0.6 is 23.8 Å². The van der Waals surface area contributed by atoms with Crippen molar-refractivity contribution in [2.24, 2.45) is 0 Å². The molecule has 0 fully saturated rings. The number of rotatable bonds is 3. The van der Waals surface area contributed by atoms with Gasteiger partial charge in [0.25, 0.3) is 0 Å². The van der Waals surface area contributed by atoms with Gasteiger partial charge in [-0.15, -0.1) is 0 Å². The molecular formula is C12H13ClN4S. The minimum Gasteiger partial charge on any atom is -0.365 e. The number of nitrogens with zero attached hydrogens (tertiary/aromatic N) is 2. The van der Waals surface area contributed by atoms with Crippen molar-refractivity contribution >= 4 is 34.7 Å². The van der Waals surface area contributed by atoms with Gasteiger partial charge in [0.05, 0.1) is 6.54 Å². The molecule has 0 amide bonds. The minimum atomic E-state index is 0.540. The molecule has 6 heteroatoms. The first-order chi connectivity index (χ1) is 8.69. The normalized spacial score (nSPS) is 10.1. The number of aromatic nitrogens is 2. The summed E-state index contributed by atoms with van der Waals surface area (Å²) in [5.74, 6) is 0.710. The average molecular weight is 281 g/mol. The van der Waals surface area contributed by atoms with Crippen molar-refractivity contribution in [3.63, 3.8) is 0 Å². The molecule has 0 saturated heterocycles. The molecule has 0 atom stereocenters. The van der Waals surface area contributed by atoms with E-state index in [9.17, 15) is 0 Å². The van der Waals surface area contributed by atoms with Crippen LogP contribution in [-0.2, 0) is 6.54 Å². The summed E-state index contributed by atoms with van der Waals surface area (Å²) in [5.41, 5.74) is 1.03. The zero-order chi connectivity index (χ0) is 13.0. The van der Waals surface area contributed by atoms with Gasteiger partial charge in [-0.2, -0.15) is 5.10 Å². The lowest BCUT2D eigenvalue weighted by molar-refractivity contribution is 0.690. The van der Waals surface area contributed by atoms with E-state index >= 15 is 0 Å². The van der Waals surface area contributed by atoms with E-state index in [1.54, 1.807) is 7.05 Å². The first kappa shape index (κ1) is 12.9. The molecule has 4 nitrogen and oxygen atoms in total. The van der Waals surface area contributed by atoms with Gasteiger partial charge in [0, 0.05) is 24.3 Å². The molecule has 0 radical (unpaired) electrons. The highest BCUT2D eigenvalue weighted by molar-refractivity contribution is 7.80. The molecule has 0 aliphatic heterocycles. The van der Waals surface area contributed by atoms with Crippen LogP contribution < -0.4 is 10.6 Å². The Bertz CT molecular complexity index is 553. The molecule has 0 aliphatic carbocycles. The molecule has 18 heavy (non-hydrogen) atoms. The number of hydrogen-bond acceptors (Lipinski definition) is 2. The lowest BCUT2D eigenvalue weighted by Crippen LogP contribution is -2.24. The minimum absolute atomic E-state index is 0.540. The summed E-state index contributed by atoms with van der Waals surface area (Å²) in [7, 11) is 1.76. The molecule has 2 rings (SSSR count). The van der Waals surface area contributed by atoms with E-state index in [0.717, 1.165) is 10.6 Å². The summed E-state index contributed by atoms with van der Waals surface area (Å²) in [6.07, 6.45) is 1.88. The Morgan fingerprint density at radius 1 is 1.39 bits per heavy atom. The lowest BCUT2D eigenvalue weighted by atomic mass is 10.2. The second-order valence-electron chi connectivity index (χ2n) is 3.69. The van der Waals surface area contributed by atoms with Gasteiger partial charge in [0.1, 0.15) is 0 Å². The molecule has 0 aliphatic rings. The summed E-state index contributed by atoms with van der Waals surface area (Å²) < 4.78 is 1.81. The Morgan fingerprint density at radius 3 is 2.89 bits per heavy atom. The Kier molecular flexibility index (Phi) is 4.17. The van der Waals surface area contributed by atoms with E-state index in [4.69, 9.17) is 23.8 Å². The van der Waals surface area contributed by atoms with E-state index in [-0.39, 0.29) is 0 Å². The summed E-state index contributed by atoms with van der Waals surface area (Å²) in [6.45, 7) is 0.633. The molecule has 1 heterocycles. The number of anilines is 1. The van der Waals surface area contributed by atoms with Crippen molar-refractivity contribution in [3.05, 3.63) is 47.1 Å². The smallest absolute Gasteiger partial charge is 0.171 e. The fraction of sp³-hybridized carbons (Fsp3) is 0.167. The Labute approximate surface area is 116 Å². The first-order valence-electron chi connectivity index (χ1n) is 5.44. The largest absolute Gasteiger partial charge is 0.365 e. The fourth-order valence-corrected chi connectivity index (χ4v) is 1.80. The SMILES string of the molecule is CNC(=S)Nc1ccn(Cc2ccccc2Cl)n1. The molecule has 0 saturated carbocycles. The highest BCUT2D eigenvalue weighted by Crippen LogP contribution is 2.16. The Morgan fingerprint density at radius 2 is 2.17 bits per heavy atom. The maximum Gasteiger partial charge on any atom is 0.171 e. The third-order valence-electron chi connectivity index (χ3n) is 2.40. The van der Waals surface area contributed by atoms with Crippen LogP contribution in [0, 0.1) is 0 Å². The molecular weight excluding hydrogens is 268 g/mol. The predicted molar refractivity (Wildman–Crippen MR) is 78.1 cm³/mol. The van der Waals surface area contributed by atoms with Gasteiger partial charge in [-0.25, -0.2) is 0 Å². The van der Waals surface area contributed by atoms with Crippen molar-refractivity contribution < 1.29 is 0 Å². The number of hydrogen-bond donors (Lipinski definition) is 2. The maximum absolute atomic E-state index is 6.10. The van der Waals surface area contributed by atoms with Gasteiger partial charge < -0.3 is 10.6 Å². The number of halogens is 1. The molecule has 2 aromatic rings. The maximum atomic E-state index is 6.10. The van der Waals surface area contributed by atoms with Crippen LogP contribution in [0.1, 0.15) is 5.56 Å². The predicted octanol–water partition coefficient (Wildman–Crippen LogP) is 2.50. The van der Waals surface area contributed by atoms with Gasteiger partial charge in [-0.05, 0) is 23.8 Å². The summed E-state index contributed by atoms with van der Waals surface area (Å²) >= 11 is 11.1. The Balaban J connectivity index is 2.07. The van der Waals surface area contributed by atoms with Gasteiger partial charge in [-0.3, -0.25) is 4.68 Å². The van der Waals surface area contributed by atoms with Crippen LogP contribution in [0.4, 0.5) is 5.82 Å². The lowest BCUT2D eigenvalue weighted by Gasteiger charge is -2.05. The van der Waals surface area contributed by atoms with Crippen molar-refractivity contribution in [3.8, 4) is 0 Å². The fourth-order valence-electron chi connectivity index (χ4n) is 1.50. The van der Waals surface area contributed by atoms with E-state index < -0.39 is 0 Å². The highest BCUT2D eigenvalue weighted by atomic mass is 35.5. The zero-order valence-corrected chi connectivity index (χ0v) is 11.4. The second-order valence-corrected chi connectivity index (χ2v) is 4.51. The zero-order valence-electron chi connectivity index (χ0n) is 9.85. The summed E-state index contributed by atoms with van der Waals surface area (Å²) in [4.78, 5) is 0. The van der Waals surface area contributed by atoms with Crippen LogP contribution in [-0.4, -0.2) is 21.9 Å². The third-order valence-corrected chi connectivity index (χ3v) is 3.07. The van der Waals surface area contributed by atoms with Crippen molar-refractivity contribution in [1.82, 2.24) is 15.1 Å². The van der Waals surface area contributed by atoms with Crippen LogP contribution in [0.15, 0.2) is 36.5 Å². The Hall–Kier alpha value is -1.59. The van der Waals surface area contributed by atoms with Crippen molar-refractivity contribution in [2.45, 2.75) is 6.54 Å². The van der Waals surface area contributed by atoms with Crippen molar-refractivity contribution in [2.75, 3.05) is 12.4 Å². The molecule has 1 aromatic carbocycles. The third kappa shape index (κ3) is 3.21. The molecule has 0 unspecified atom stereocenters. The van der Waals surface area contributed by atoms with E-state index in [2.05, 4.69) is 15.7 Å². The van der Waals surface area contributed by atoms with Gasteiger partial charge in [0.2, 0.25) is 0 Å². The van der Waals surface area contributed by atoms with Crippen LogP contribution in [0.2, 0.25) is 5.02 Å². The molecule has 0 spiro atoms. The van der Waals surface area contributed by atoms with Gasteiger partial charge in [-0.1, -0.05) is 29.8 Å². The number of nitrogens with one attached hydrogen (secondary N) is 2. The average Bonchev–Trinajstić information content (AvgIpc) is 2.79. The molecule has 2 N–H and O–H groups in total. The first-order valence-corrected chi connectivity index (χ1v) is 6.23. The number of thiocarbonyl (C=S) groups is 1. The molecule has 94 valence electrons. The van der Waals surface area contributed by atoms with E-state index in [0.29, 0.717) is 17.5 Å². The van der Waals surface area contributed by atoms with Crippen LogP contribution in [0.3, 0.4) is 0 Å². The quantitative estimate of drug-likeness (QED) is 0.848. The van der Waals surface area contributed by atoms with Gasteiger partial charge >= 0.3 is 0 Å². The van der Waals surface area contributed by atoms with E-state index in [1.165, 1.54) is 0 Å².